The highest BCUT2D eigenvalue weighted by Crippen LogP contribution is 2.74. The monoisotopic (exact) mass is 240 g/mol. The van der Waals surface area contributed by atoms with E-state index in [0.29, 0.717) is 0 Å². The molecule has 8 heavy (non-hydrogen) atoms. The third kappa shape index (κ3) is 7.12. The fourth-order valence-electron chi connectivity index (χ4n) is 0.217. The van der Waals surface area contributed by atoms with Gasteiger partial charge in [-0.1, -0.05) is 22.6 Å². The van der Waals surface area contributed by atoms with E-state index in [1.54, 1.807) is 0 Å². The minimum absolute atomic E-state index is 0.189. The average Bonchev–Trinajstić information content (AvgIpc) is 1.65. The lowest BCUT2D eigenvalue weighted by Crippen LogP contribution is -1.53. The molecular formula is CH11P7. The van der Waals surface area contributed by atoms with Crippen LogP contribution < -0.4 is 0 Å². The van der Waals surface area contributed by atoms with Crippen LogP contribution in [0.4, 0.5) is 0 Å². The van der Waals surface area contributed by atoms with Gasteiger partial charge in [0.15, 0.2) is 0 Å². The molecule has 0 aromatic carbocycles. The van der Waals surface area contributed by atoms with Crippen LogP contribution in [0, 0.1) is 0 Å². The molecule has 0 N–H and O–H groups in total. The Morgan fingerprint density at radius 2 is 1.75 bits per heavy atom. The van der Waals surface area contributed by atoms with E-state index in [-0.39, 0.29) is 14.6 Å². The van der Waals surface area contributed by atoms with Crippen molar-refractivity contribution in [3.63, 3.8) is 0 Å². The van der Waals surface area contributed by atoms with Gasteiger partial charge in [-0.3, -0.25) is 0 Å². The van der Waals surface area contributed by atoms with Gasteiger partial charge in [0.2, 0.25) is 0 Å². The van der Waals surface area contributed by atoms with Crippen molar-refractivity contribution in [3.8, 4) is 0 Å². The Balaban J connectivity index is 3.10. The zero-order valence-corrected chi connectivity index (χ0v) is 11.8. The van der Waals surface area contributed by atoms with Crippen LogP contribution in [-0.2, 0) is 0 Å². The molecule has 0 spiro atoms. The number of hydrogen-bond acceptors (Lipinski definition) is 0. The zero-order chi connectivity index (χ0) is 6.57. The van der Waals surface area contributed by atoms with E-state index in [9.17, 15) is 0 Å². The van der Waals surface area contributed by atoms with Gasteiger partial charge in [0.1, 0.15) is 0 Å². The molecule has 0 amide bonds. The first-order valence-corrected chi connectivity index (χ1v) is 13.5. The van der Waals surface area contributed by atoms with Gasteiger partial charge in [0.25, 0.3) is 0 Å². The largest absolute Gasteiger partial charge is 0.110 e. The Bertz CT molecular complexity index is 50.3. The maximum atomic E-state index is 2.92. The lowest BCUT2D eigenvalue weighted by Gasteiger charge is -2.10. The highest BCUT2D eigenvalue weighted by molar-refractivity contribution is 8.64. The summed E-state index contributed by atoms with van der Waals surface area (Å²) in [6.45, 7) is 0. The van der Waals surface area contributed by atoms with Crippen molar-refractivity contribution in [2.45, 2.75) is 0 Å². The molecule has 0 radical (unpaired) electrons. The summed E-state index contributed by atoms with van der Waals surface area (Å²) in [5.74, 6) is 1.40. The fraction of sp³-hybridized carbons (Fsp3) is 1.00. The standard InChI is InChI=1S/CH11P7/c2-6-8(5)1-7(3)4/h6H,1-5H2. The molecule has 0 rings (SSSR count). The summed E-state index contributed by atoms with van der Waals surface area (Å²) in [4.78, 5) is 0. The van der Waals surface area contributed by atoms with Crippen molar-refractivity contribution >= 4 is 58.3 Å². The molecule has 0 heterocycles. The van der Waals surface area contributed by atoms with Crippen LogP contribution in [-0.4, -0.2) is 5.90 Å². The summed E-state index contributed by atoms with van der Waals surface area (Å²) in [7, 11) is 13.0. The molecule has 0 aliphatic carbocycles. The first-order valence-electron chi connectivity index (χ1n) is 1.92. The SMILES string of the molecule is PPP(P)CP(P)P. The molecule has 0 aliphatic heterocycles. The normalized spacial score (nSPS) is 16.1. The third-order valence-corrected chi connectivity index (χ3v) is 17.0. The lowest BCUT2D eigenvalue weighted by atomic mass is 11.9. The van der Waals surface area contributed by atoms with Crippen molar-refractivity contribution < 1.29 is 0 Å². The fourth-order valence-corrected chi connectivity index (χ4v) is 17.6. The Hall–Kier alpha value is 3.01. The van der Waals surface area contributed by atoms with Gasteiger partial charge in [-0.05, 0) is 0 Å². The molecule has 0 bridgehead atoms. The van der Waals surface area contributed by atoms with Crippen LogP contribution in [0.3, 0.4) is 0 Å². The van der Waals surface area contributed by atoms with Gasteiger partial charge in [-0.25, -0.2) is 0 Å². The second-order valence-corrected chi connectivity index (χ2v) is 18.6. The molecule has 0 aromatic rings. The van der Waals surface area contributed by atoms with Crippen molar-refractivity contribution in [1.29, 1.82) is 0 Å². The second kappa shape index (κ2) is 6.70. The van der Waals surface area contributed by atoms with Crippen LogP contribution >= 0.6 is 58.3 Å². The lowest BCUT2D eigenvalue weighted by molar-refractivity contribution is 2.28. The van der Waals surface area contributed by atoms with E-state index in [1.165, 1.54) is 5.90 Å². The maximum absolute atomic E-state index is 2.92. The van der Waals surface area contributed by atoms with Gasteiger partial charge in [-0.15, -0.1) is 35.7 Å². The first kappa shape index (κ1) is 11.0. The zero-order valence-electron chi connectivity index (χ0n) is 4.41. The van der Waals surface area contributed by atoms with Crippen molar-refractivity contribution in [2.24, 2.45) is 0 Å². The van der Waals surface area contributed by atoms with Crippen LogP contribution in [0.5, 0.6) is 0 Å². The highest BCUT2D eigenvalue weighted by atomic mass is 32.6. The van der Waals surface area contributed by atoms with E-state index < -0.39 is 0 Å². The average molecular weight is 240 g/mol. The van der Waals surface area contributed by atoms with Crippen LogP contribution in [0.15, 0.2) is 0 Å². The summed E-state index contributed by atoms with van der Waals surface area (Å²) < 4.78 is 0. The third-order valence-electron chi connectivity index (χ3n) is 0.481. The first-order chi connectivity index (χ1) is 3.66. The quantitative estimate of drug-likeness (QED) is 0.660. The van der Waals surface area contributed by atoms with Gasteiger partial charge >= 0.3 is 0 Å². The molecule has 6 atom stereocenters. The van der Waals surface area contributed by atoms with Crippen molar-refractivity contribution in [2.75, 3.05) is 5.90 Å². The van der Waals surface area contributed by atoms with Gasteiger partial charge in [0, 0.05) is 5.90 Å². The van der Waals surface area contributed by atoms with Gasteiger partial charge in [-0.2, -0.15) is 0 Å². The molecule has 7 heteroatoms. The molecule has 0 saturated heterocycles. The van der Waals surface area contributed by atoms with E-state index in [2.05, 4.69) is 35.7 Å². The number of rotatable bonds is 3. The second-order valence-electron chi connectivity index (χ2n) is 1.25. The maximum Gasteiger partial charge on any atom is 0.00209 e. The topological polar surface area (TPSA) is 0 Å². The summed E-state index contributed by atoms with van der Waals surface area (Å²) in [5.41, 5.74) is 0. The molecular weight excluding hydrogens is 229 g/mol. The molecule has 0 nitrogen and oxygen atoms in total. The van der Waals surface area contributed by atoms with Crippen LogP contribution in [0.1, 0.15) is 0 Å². The van der Waals surface area contributed by atoms with E-state index >= 15 is 0 Å². The molecule has 50 valence electrons. The smallest absolute Gasteiger partial charge is 0.00209 e. The van der Waals surface area contributed by atoms with E-state index in [4.69, 9.17) is 0 Å². The summed E-state index contributed by atoms with van der Waals surface area (Å²) in [6, 6.07) is 0. The van der Waals surface area contributed by atoms with Crippen LogP contribution in [0.2, 0.25) is 0 Å². The Kier molecular flexibility index (Phi) is 9.23. The molecule has 6 unspecified atom stereocenters. The summed E-state index contributed by atoms with van der Waals surface area (Å²) >= 11 is 0. The molecule has 0 fully saturated rings. The Labute approximate surface area is 64.4 Å². The Morgan fingerprint density at radius 1 is 1.25 bits per heavy atom. The van der Waals surface area contributed by atoms with Gasteiger partial charge in [0.05, 0.1) is 0 Å². The summed E-state index contributed by atoms with van der Waals surface area (Å²) in [6.07, 6.45) is 0. The minimum Gasteiger partial charge on any atom is -0.110 e. The molecule has 0 saturated carbocycles. The van der Waals surface area contributed by atoms with Gasteiger partial charge < -0.3 is 0 Å². The van der Waals surface area contributed by atoms with Crippen molar-refractivity contribution in [3.05, 3.63) is 0 Å². The van der Waals surface area contributed by atoms with E-state index in [1.807, 2.05) is 0 Å². The number of hydrogen-bond donors (Lipinski definition) is 0. The Morgan fingerprint density at radius 3 is 1.88 bits per heavy atom. The molecule has 0 aliphatic rings. The predicted octanol–water partition coefficient (Wildman–Crippen LogP) is 3.66. The predicted molar refractivity (Wildman–Crippen MR) is 65.9 cm³/mol. The summed E-state index contributed by atoms with van der Waals surface area (Å²) in [5, 5.41) is 0. The molecule has 0 aromatic heterocycles. The van der Waals surface area contributed by atoms with E-state index in [0.717, 1.165) is 7.96 Å². The highest BCUT2D eigenvalue weighted by Gasteiger charge is 1.99. The van der Waals surface area contributed by atoms with Crippen LogP contribution in [0.25, 0.3) is 0 Å². The minimum atomic E-state index is 0.189. The van der Waals surface area contributed by atoms with Crippen molar-refractivity contribution in [1.82, 2.24) is 0 Å².